The first-order chi connectivity index (χ1) is 10.4. The fraction of sp³-hybridized carbons (Fsp3) is 0.600. The minimum Gasteiger partial charge on any atom is -0.396 e. The number of allylic oxidation sites excluding steroid dienone is 1. The van der Waals surface area contributed by atoms with Gasteiger partial charge in [0.2, 0.25) is 0 Å². The standard InChI is InChI=1S/C20H34OSi/c1-16(2)22(17(3)4,18(5)6)15-20(13-10-14-21)19-11-8-7-9-12-19/h7-9,11-13,16-18,21H,10,14-15H2,1-6H3/b20-13+. The first-order valence-corrected chi connectivity index (χ1v) is 11.2. The van der Waals surface area contributed by atoms with Gasteiger partial charge in [0.25, 0.3) is 0 Å². The maximum atomic E-state index is 9.25. The Kier molecular flexibility index (Phi) is 7.57. The molecule has 0 spiro atoms. The summed E-state index contributed by atoms with van der Waals surface area (Å²) in [7, 11) is -1.47. The van der Waals surface area contributed by atoms with Crippen LogP contribution in [0.4, 0.5) is 0 Å². The molecule has 0 bridgehead atoms. The molecule has 0 atom stereocenters. The van der Waals surface area contributed by atoms with E-state index in [1.807, 2.05) is 0 Å². The predicted molar refractivity (Wildman–Crippen MR) is 102 cm³/mol. The zero-order chi connectivity index (χ0) is 16.8. The van der Waals surface area contributed by atoms with Crippen molar-refractivity contribution in [1.29, 1.82) is 0 Å². The third kappa shape index (κ3) is 4.33. The average molecular weight is 319 g/mol. The monoisotopic (exact) mass is 318 g/mol. The Labute approximate surface area is 138 Å². The van der Waals surface area contributed by atoms with E-state index in [1.165, 1.54) is 17.2 Å². The van der Waals surface area contributed by atoms with Gasteiger partial charge in [-0.3, -0.25) is 0 Å². The summed E-state index contributed by atoms with van der Waals surface area (Å²) in [4.78, 5) is 0. The molecule has 0 saturated carbocycles. The van der Waals surface area contributed by atoms with Gasteiger partial charge in [-0.05, 0) is 23.6 Å². The van der Waals surface area contributed by atoms with Crippen molar-refractivity contribution in [2.45, 2.75) is 70.6 Å². The van der Waals surface area contributed by atoms with Gasteiger partial charge >= 0.3 is 0 Å². The maximum Gasteiger partial charge on any atom is 0.0656 e. The summed E-state index contributed by atoms with van der Waals surface area (Å²) in [5, 5.41) is 9.25. The van der Waals surface area contributed by atoms with Crippen molar-refractivity contribution in [3.8, 4) is 0 Å². The van der Waals surface area contributed by atoms with E-state index in [-0.39, 0.29) is 6.61 Å². The van der Waals surface area contributed by atoms with Crippen LogP contribution < -0.4 is 0 Å². The summed E-state index contributed by atoms with van der Waals surface area (Å²) in [5.41, 5.74) is 5.04. The lowest BCUT2D eigenvalue weighted by atomic mass is 10.1. The highest BCUT2D eigenvalue weighted by atomic mass is 28.3. The van der Waals surface area contributed by atoms with E-state index < -0.39 is 8.07 Å². The zero-order valence-electron chi connectivity index (χ0n) is 15.3. The second-order valence-electron chi connectivity index (χ2n) is 7.36. The molecule has 0 amide bonds. The molecule has 0 aliphatic heterocycles. The molecule has 0 aliphatic carbocycles. The number of aliphatic hydroxyl groups excluding tert-OH is 1. The lowest BCUT2D eigenvalue weighted by molar-refractivity contribution is 0.303. The second-order valence-corrected chi connectivity index (χ2v) is 13.4. The van der Waals surface area contributed by atoms with Crippen LogP contribution in [0.25, 0.3) is 5.57 Å². The van der Waals surface area contributed by atoms with E-state index in [9.17, 15) is 5.11 Å². The van der Waals surface area contributed by atoms with Crippen LogP contribution >= 0.6 is 0 Å². The number of hydrogen-bond donors (Lipinski definition) is 1. The summed E-state index contributed by atoms with van der Waals surface area (Å²) in [6, 6.07) is 11.9. The molecule has 0 aliphatic rings. The Hall–Kier alpha value is -0.863. The molecule has 1 rings (SSSR count). The molecule has 1 N–H and O–H groups in total. The molecular weight excluding hydrogens is 284 g/mol. The topological polar surface area (TPSA) is 20.2 Å². The van der Waals surface area contributed by atoms with Crippen molar-refractivity contribution in [2.75, 3.05) is 6.61 Å². The molecule has 1 aromatic carbocycles. The molecule has 0 radical (unpaired) electrons. The SMILES string of the molecule is CC(C)[Si](C/C(=C\CCO)c1ccccc1)(C(C)C)C(C)C. The van der Waals surface area contributed by atoms with Crippen LogP contribution in [0.5, 0.6) is 0 Å². The lowest BCUT2D eigenvalue weighted by Crippen LogP contribution is -2.44. The molecule has 0 heterocycles. The summed E-state index contributed by atoms with van der Waals surface area (Å²) in [5.74, 6) is 0. The molecule has 0 unspecified atom stereocenters. The van der Waals surface area contributed by atoms with E-state index in [0.29, 0.717) is 0 Å². The van der Waals surface area contributed by atoms with Crippen LogP contribution in [-0.4, -0.2) is 19.8 Å². The first-order valence-electron chi connectivity index (χ1n) is 8.71. The highest BCUT2D eigenvalue weighted by molar-refractivity contribution is 6.84. The Balaban J connectivity index is 3.25. The van der Waals surface area contributed by atoms with Crippen molar-refractivity contribution < 1.29 is 5.11 Å². The Bertz CT molecular complexity index is 438. The van der Waals surface area contributed by atoms with Crippen LogP contribution in [0.3, 0.4) is 0 Å². The summed E-state index contributed by atoms with van der Waals surface area (Å²) in [6.07, 6.45) is 3.02. The van der Waals surface area contributed by atoms with E-state index in [1.54, 1.807) is 0 Å². The molecule has 1 nitrogen and oxygen atoms in total. The van der Waals surface area contributed by atoms with Gasteiger partial charge in [-0.15, -0.1) is 0 Å². The number of aliphatic hydroxyl groups is 1. The molecule has 22 heavy (non-hydrogen) atoms. The first kappa shape index (κ1) is 19.2. The molecular formula is C20H34OSi. The number of benzene rings is 1. The Morgan fingerprint density at radius 2 is 1.45 bits per heavy atom. The molecule has 2 heteroatoms. The van der Waals surface area contributed by atoms with E-state index in [4.69, 9.17) is 0 Å². The van der Waals surface area contributed by atoms with Gasteiger partial charge in [0.15, 0.2) is 0 Å². The van der Waals surface area contributed by atoms with E-state index in [2.05, 4.69) is 78.0 Å². The van der Waals surface area contributed by atoms with E-state index >= 15 is 0 Å². The third-order valence-corrected chi connectivity index (χ3v) is 12.8. The van der Waals surface area contributed by atoms with Gasteiger partial charge in [-0.25, -0.2) is 0 Å². The number of hydrogen-bond acceptors (Lipinski definition) is 1. The van der Waals surface area contributed by atoms with Crippen LogP contribution in [0.2, 0.25) is 22.7 Å². The van der Waals surface area contributed by atoms with E-state index in [0.717, 1.165) is 23.0 Å². The van der Waals surface area contributed by atoms with Gasteiger partial charge in [-0.1, -0.05) is 94.6 Å². The zero-order valence-corrected chi connectivity index (χ0v) is 16.3. The predicted octanol–water partition coefficient (Wildman–Crippen LogP) is 6.13. The quantitative estimate of drug-likeness (QED) is 0.571. The van der Waals surface area contributed by atoms with Gasteiger partial charge < -0.3 is 5.11 Å². The fourth-order valence-corrected chi connectivity index (χ4v) is 10.4. The van der Waals surface area contributed by atoms with Crippen molar-refractivity contribution >= 4 is 13.6 Å². The van der Waals surface area contributed by atoms with Gasteiger partial charge in [-0.2, -0.15) is 0 Å². The van der Waals surface area contributed by atoms with Crippen molar-refractivity contribution in [3.05, 3.63) is 42.0 Å². The van der Waals surface area contributed by atoms with Crippen LogP contribution in [0.15, 0.2) is 36.4 Å². The molecule has 124 valence electrons. The minimum absolute atomic E-state index is 0.232. The average Bonchev–Trinajstić information content (AvgIpc) is 2.47. The minimum atomic E-state index is -1.47. The summed E-state index contributed by atoms with van der Waals surface area (Å²) < 4.78 is 0. The largest absolute Gasteiger partial charge is 0.396 e. The lowest BCUT2D eigenvalue weighted by Gasteiger charge is -2.44. The summed E-state index contributed by atoms with van der Waals surface area (Å²) in [6.45, 7) is 14.7. The maximum absolute atomic E-state index is 9.25. The van der Waals surface area contributed by atoms with Crippen LogP contribution in [-0.2, 0) is 0 Å². The normalized spacial score (nSPS) is 13.5. The highest BCUT2D eigenvalue weighted by Gasteiger charge is 2.42. The van der Waals surface area contributed by atoms with Crippen molar-refractivity contribution in [2.24, 2.45) is 0 Å². The molecule has 1 aromatic rings. The van der Waals surface area contributed by atoms with Crippen molar-refractivity contribution in [3.63, 3.8) is 0 Å². The Morgan fingerprint density at radius 3 is 1.86 bits per heavy atom. The summed E-state index contributed by atoms with van der Waals surface area (Å²) >= 11 is 0. The van der Waals surface area contributed by atoms with Gasteiger partial charge in [0.05, 0.1) is 8.07 Å². The van der Waals surface area contributed by atoms with Crippen LogP contribution in [0, 0.1) is 0 Å². The second kappa shape index (κ2) is 8.69. The highest BCUT2D eigenvalue weighted by Crippen LogP contribution is 2.47. The van der Waals surface area contributed by atoms with Crippen molar-refractivity contribution in [1.82, 2.24) is 0 Å². The van der Waals surface area contributed by atoms with Crippen LogP contribution in [0.1, 0.15) is 53.5 Å². The number of rotatable bonds is 8. The third-order valence-electron chi connectivity index (χ3n) is 5.39. The Morgan fingerprint density at radius 1 is 0.955 bits per heavy atom. The van der Waals surface area contributed by atoms with Gasteiger partial charge in [0, 0.05) is 6.61 Å². The molecule has 0 saturated heterocycles. The van der Waals surface area contributed by atoms with Gasteiger partial charge in [0.1, 0.15) is 0 Å². The molecule has 0 fully saturated rings. The smallest absolute Gasteiger partial charge is 0.0656 e. The molecule has 0 aromatic heterocycles. The fourth-order valence-electron chi connectivity index (χ4n) is 4.13.